The summed E-state index contributed by atoms with van der Waals surface area (Å²) in [5, 5.41) is 5.25. The molecule has 0 aliphatic heterocycles. The number of carbonyl (C=O) groups is 2. The Kier molecular flexibility index (Phi) is 7.79. The molecule has 0 aliphatic carbocycles. The van der Waals surface area contributed by atoms with E-state index in [1.165, 1.54) is 26.0 Å². The van der Waals surface area contributed by atoms with Crippen LogP contribution in [0.5, 0.6) is 0 Å². The first-order valence-electron chi connectivity index (χ1n) is 7.66. The summed E-state index contributed by atoms with van der Waals surface area (Å²) in [7, 11) is 1.49. The van der Waals surface area contributed by atoms with Gasteiger partial charge in [0.05, 0.1) is 4.90 Å². The lowest BCUT2D eigenvalue weighted by molar-refractivity contribution is -0.115. The van der Waals surface area contributed by atoms with Crippen molar-refractivity contribution in [3.63, 3.8) is 0 Å². The van der Waals surface area contributed by atoms with Gasteiger partial charge in [0.1, 0.15) is 0 Å². The molecule has 0 heterocycles. The standard InChI is InChI=1S/C9H10ClNO3S.C9H11NO/c1-6-5-8(11-7(2)12)3-4-9(6)15(10,13)14;1-7-4-3-5-9(6-7)10-8(2)11/h3-5H,1-2H3,(H,11,12);3-6H,1-2H3,(H,10,11). The van der Waals surface area contributed by atoms with E-state index < -0.39 is 9.05 Å². The van der Waals surface area contributed by atoms with Gasteiger partial charge in [-0.2, -0.15) is 0 Å². The van der Waals surface area contributed by atoms with Gasteiger partial charge < -0.3 is 10.6 Å². The molecule has 140 valence electrons. The summed E-state index contributed by atoms with van der Waals surface area (Å²) in [6, 6.07) is 12.1. The molecule has 2 rings (SSSR count). The van der Waals surface area contributed by atoms with E-state index >= 15 is 0 Å². The first-order chi connectivity index (χ1) is 12.0. The van der Waals surface area contributed by atoms with Crippen molar-refractivity contribution in [3.8, 4) is 0 Å². The van der Waals surface area contributed by atoms with E-state index in [0.717, 1.165) is 11.3 Å². The van der Waals surface area contributed by atoms with Crippen LogP contribution in [0.2, 0.25) is 0 Å². The van der Waals surface area contributed by atoms with Crippen LogP contribution in [0.1, 0.15) is 25.0 Å². The van der Waals surface area contributed by atoms with Gasteiger partial charge in [0.25, 0.3) is 9.05 Å². The van der Waals surface area contributed by atoms with Gasteiger partial charge in [-0.1, -0.05) is 12.1 Å². The molecule has 0 spiro atoms. The summed E-state index contributed by atoms with van der Waals surface area (Å²) in [6.45, 7) is 6.48. The van der Waals surface area contributed by atoms with Gasteiger partial charge in [0.15, 0.2) is 0 Å². The van der Waals surface area contributed by atoms with Gasteiger partial charge in [-0.3, -0.25) is 9.59 Å². The third-order valence-electron chi connectivity index (χ3n) is 3.10. The molecule has 0 radical (unpaired) electrons. The number of anilines is 2. The number of carbonyl (C=O) groups excluding carboxylic acids is 2. The largest absolute Gasteiger partial charge is 0.326 e. The van der Waals surface area contributed by atoms with Crippen LogP contribution in [-0.4, -0.2) is 20.2 Å². The number of amides is 2. The average molecular weight is 397 g/mol. The first kappa shape index (κ1) is 21.7. The maximum atomic E-state index is 11.1. The topological polar surface area (TPSA) is 92.3 Å². The van der Waals surface area contributed by atoms with Crippen molar-refractivity contribution in [3.05, 3.63) is 53.6 Å². The maximum absolute atomic E-state index is 11.1. The van der Waals surface area contributed by atoms with Crippen molar-refractivity contribution in [1.29, 1.82) is 0 Å². The fraction of sp³-hybridized carbons (Fsp3) is 0.222. The smallest absolute Gasteiger partial charge is 0.261 e. The number of aryl methyl sites for hydroxylation is 2. The summed E-state index contributed by atoms with van der Waals surface area (Å²) in [5.41, 5.74) is 3.05. The molecule has 2 N–H and O–H groups in total. The summed E-state index contributed by atoms with van der Waals surface area (Å²) < 4.78 is 22.1. The molecule has 0 fully saturated rings. The Morgan fingerprint density at radius 2 is 1.42 bits per heavy atom. The van der Waals surface area contributed by atoms with Crippen LogP contribution in [0.25, 0.3) is 0 Å². The van der Waals surface area contributed by atoms with Crippen molar-refractivity contribution in [1.82, 2.24) is 0 Å². The lowest BCUT2D eigenvalue weighted by atomic mass is 10.2. The normalized spacial score (nSPS) is 10.3. The van der Waals surface area contributed by atoms with Crippen LogP contribution in [0.15, 0.2) is 47.4 Å². The molecule has 8 heteroatoms. The van der Waals surface area contributed by atoms with Crippen LogP contribution >= 0.6 is 10.7 Å². The van der Waals surface area contributed by atoms with Gasteiger partial charge >= 0.3 is 0 Å². The van der Waals surface area contributed by atoms with E-state index in [4.69, 9.17) is 10.7 Å². The van der Waals surface area contributed by atoms with Crippen molar-refractivity contribution in [2.45, 2.75) is 32.6 Å². The van der Waals surface area contributed by atoms with Gasteiger partial charge in [-0.15, -0.1) is 0 Å². The number of halogens is 1. The minimum absolute atomic E-state index is 0.0319. The second-order valence-corrected chi connectivity index (χ2v) is 8.18. The third kappa shape index (κ3) is 7.67. The number of benzene rings is 2. The predicted octanol–water partition coefficient (Wildman–Crippen LogP) is 3.83. The molecule has 0 saturated carbocycles. The molecule has 0 atom stereocenters. The zero-order valence-corrected chi connectivity index (χ0v) is 16.5. The molecule has 2 aromatic carbocycles. The minimum Gasteiger partial charge on any atom is -0.326 e. The zero-order valence-electron chi connectivity index (χ0n) is 15.0. The Bertz CT molecular complexity index is 911. The highest BCUT2D eigenvalue weighted by molar-refractivity contribution is 8.13. The van der Waals surface area contributed by atoms with Crippen LogP contribution in [0.3, 0.4) is 0 Å². The quantitative estimate of drug-likeness (QED) is 0.771. The predicted molar refractivity (Wildman–Crippen MR) is 104 cm³/mol. The van der Waals surface area contributed by atoms with E-state index in [1.54, 1.807) is 13.0 Å². The van der Waals surface area contributed by atoms with Crippen LogP contribution < -0.4 is 10.6 Å². The molecule has 2 aromatic rings. The molecule has 0 aromatic heterocycles. The average Bonchev–Trinajstić information content (AvgIpc) is 2.45. The van der Waals surface area contributed by atoms with E-state index in [0.29, 0.717) is 11.3 Å². The number of nitrogens with one attached hydrogen (secondary N) is 2. The molecule has 26 heavy (non-hydrogen) atoms. The van der Waals surface area contributed by atoms with E-state index in [9.17, 15) is 18.0 Å². The van der Waals surface area contributed by atoms with Crippen LogP contribution in [0, 0.1) is 13.8 Å². The Hall–Kier alpha value is -2.38. The Morgan fingerprint density at radius 1 is 0.885 bits per heavy atom. The second-order valence-electron chi connectivity index (χ2n) is 5.65. The molecule has 6 nitrogen and oxygen atoms in total. The lowest BCUT2D eigenvalue weighted by Crippen LogP contribution is -2.06. The van der Waals surface area contributed by atoms with E-state index in [2.05, 4.69) is 10.6 Å². The fourth-order valence-corrected chi connectivity index (χ4v) is 3.32. The first-order valence-corrected chi connectivity index (χ1v) is 9.97. The Morgan fingerprint density at radius 3 is 1.85 bits per heavy atom. The number of rotatable bonds is 3. The lowest BCUT2D eigenvalue weighted by Gasteiger charge is -2.06. The highest BCUT2D eigenvalue weighted by atomic mass is 35.7. The van der Waals surface area contributed by atoms with E-state index in [-0.39, 0.29) is 16.7 Å². The molecule has 0 bridgehead atoms. The van der Waals surface area contributed by atoms with Crippen molar-refractivity contribution in [2.24, 2.45) is 0 Å². The highest BCUT2D eigenvalue weighted by Gasteiger charge is 2.13. The fourth-order valence-electron chi connectivity index (χ4n) is 2.13. The maximum Gasteiger partial charge on any atom is 0.261 e. The summed E-state index contributed by atoms with van der Waals surface area (Å²) >= 11 is 0. The van der Waals surface area contributed by atoms with Gasteiger partial charge in [-0.05, 0) is 55.3 Å². The molecule has 0 saturated heterocycles. The molecule has 0 unspecified atom stereocenters. The number of hydrogen-bond donors (Lipinski definition) is 2. The third-order valence-corrected chi connectivity index (χ3v) is 4.58. The molecular weight excluding hydrogens is 376 g/mol. The summed E-state index contributed by atoms with van der Waals surface area (Å²) in [4.78, 5) is 21.4. The molecule has 2 amide bonds. The second kappa shape index (κ2) is 9.35. The SMILES string of the molecule is CC(=O)Nc1ccc(S(=O)(=O)Cl)c(C)c1.CC(=O)Nc1cccc(C)c1. The van der Waals surface area contributed by atoms with Gasteiger partial charge in [0.2, 0.25) is 11.8 Å². The van der Waals surface area contributed by atoms with E-state index in [1.807, 2.05) is 31.2 Å². The molecular formula is C18H21ClN2O4S. The Labute approximate surface area is 158 Å². The molecule has 0 aliphatic rings. The van der Waals surface area contributed by atoms with Gasteiger partial charge in [0, 0.05) is 35.9 Å². The summed E-state index contributed by atoms with van der Waals surface area (Å²) in [5.74, 6) is -0.244. The number of hydrogen-bond acceptors (Lipinski definition) is 4. The zero-order chi connectivity index (χ0) is 19.9. The Balaban J connectivity index is 0.000000273. The van der Waals surface area contributed by atoms with Crippen molar-refractivity contribution in [2.75, 3.05) is 10.6 Å². The van der Waals surface area contributed by atoms with Crippen molar-refractivity contribution >= 4 is 42.9 Å². The minimum atomic E-state index is -3.72. The van der Waals surface area contributed by atoms with Crippen LogP contribution in [0.4, 0.5) is 11.4 Å². The van der Waals surface area contributed by atoms with Crippen LogP contribution in [-0.2, 0) is 18.6 Å². The monoisotopic (exact) mass is 396 g/mol. The van der Waals surface area contributed by atoms with Gasteiger partial charge in [-0.25, -0.2) is 8.42 Å². The van der Waals surface area contributed by atoms with Crippen molar-refractivity contribution < 1.29 is 18.0 Å². The highest BCUT2D eigenvalue weighted by Crippen LogP contribution is 2.22. The summed E-state index contributed by atoms with van der Waals surface area (Å²) in [6.07, 6.45) is 0.